The van der Waals surface area contributed by atoms with E-state index in [1.165, 1.54) is 11.8 Å². The number of aromatic nitrogens is 2. The highest BCUT2D eigenvalue weighted by Crippen LogP contribution is 2.36. The Morgan fingerprint density at radius 2 is 1.72 bits per heavy atom. The van der Waals surface area contributed by atoms with E-state index in [4.69, 9.17) is 9.72 Å². The first-order valence-electron chi connectivity index (χ1n) is 10.1. The second-order valence-electron chi connectivity index (χ2n) is 7.39. The standard InChI is InChI=1S/C25H23N3O3S/c1-27(2)24(30)22(17-10-5-4-6-11-17)32-25-26-21-15-8-7-14-20(21)23(29)28(25)18-12-9-13-19(16-18)31-3/h4-16,22H,1-3H3/t22-/m1/s1. The van der Waals surface area contributed by atoms with Crippen molar-refractivity contribution in [3.63, 3.8) is 0 Å². The summed E-state index contributed by atoms with van der Waals surface area (Å²) in [5.41, 5.74) is 1.86. The maximum atomic E-state index is 13.5. The Morgan fingerprint density at radius 3 is 2.44 bits per heavy atom. The fourth-order valence-corrected chi connectivity index (χ4v) is 4.66. The monoisotopic (exact) mass is 445 g/mol. The third-order valence-corrected chi connectivity index (χ3v) is 6.24. The van der Waals surface area contributed by atoms with Gasteiger partial charge in [0.2, 0.25) is 5.91 Å². The van der Waals surface area contributed by atoms with Gasteiger partial charge in [-0.3, -0.25) is 14.2 Å². The molecule has 1 atom stereocenters. The van der Waals surface area contributed by atoms with Gasteiger partial charge in [-0.15, -0.1) is 0 Å². The van der Waals surface area contributed by atoms with Gasteiger partial charge in [0.1, 0.15) is 11.0 Å². The van der Waals surface area contributed by atoms with Crippen molar-refractivity contribution in [1.82, 2.24) is 14.5 Å². The van der Waals surface area contributed by atoms with E-state index in [0.29, 0.717) is 27.5 Å². The minimum absolute atomic E-state index is 0.0826. The number of amides is 1. The topological polar surface area (TPSA) is 64.4 Å². The molecule has 0 aliphatic rings. The Morgan fingerprint density at radius 1 is 1.00 bits per heavy atom. The Hall–Kier alpha value is -3.58. The maximum Gasteiger partial charge on any atom is 0.266 e. The van der Waals surface area contributed by atoms with Crippen LogP contribution in [0.2, 0.25) is 0 Å². The van der Waals surface area contributed by atoms with Crippen molar-refractivity contribution >= 4 is 28.6 Å². The molecule has 0 radical (unpaired) electrons. The summed E-state index contributed by atoms with van der Waals surface area (Å²) in [4.78, 5) is 33.0. The molecule has 3 aromatic carbocycles. The van der Waals surface area contributed by atoms with Crippen LogP contribution in [0.4, 0.5) is 0 Å². The molecule has 1 amide bonds. The zero-order chi connectivity index (χ0) is 22.7. The molecular formula is C25H23N3O3S. The highest BCUT2D eigenvalue weighted by molar-refractivity contribution is 8.00. The number of likely N-dealkylation sites (N-methyl/N-ethyl adjacent to an activating group) is 1. The predicted octanol–water partition coefficient (Wildman–Crippen LogP) is 4.32. The number of thioether (sulfide) groups is 1. The molecule has 0 N–H and O–H groups in total. The van der Waals surface area contributed by atoms with E-state index < -0.39 is 5.25 Å². The second kappa shape index (κ2) is 9.28. The molecule has 6 nitrogen and oxygen atoms in total. The highest BCUT2D eigenvalue weighted by Gasteiger charge is 2.26. The molecule has 0 aliphatic carbocycles. The first kappa shape index (κ1) is 21.6. The quantitative estimate of drug-likeness (QED) is 0.327. The normalized spacial score (nSPS) is 11.8. The van der Waals surface area contributed by atoms with Crippen molar-refractivity contribution in [2.45, 2.75) is 10.4 Å². The van der Waals surface area contributed by atoms with Gasteiger partial charge in [-0.2, -0.15) is 0 Å². The average Bonchev–Trinajstić information content (AvgIpc) is 2.82. The Kier molecular flexibility index (Phi) is 6.28. The summed E-state index contributed by atoms with van der Waals surface area (Å²) in [6, 6.07) is 24.0. The lowest BCUT2D eigenvalue weighted by atomic mass is 10.1. The van der Waals surface area contributed by atoms with Crippen LogP contribution in [0, 0.1) is 0 Å². The minimum atomic E-state index is -0.559. The molecule has 7 heteroatoms. The van der Waals surface area contributed by atoms with Crippen molar-refractivity contribution in [3.8, 4) is 11.4 Å². The molecule has 32 heavy (non-hydrogen) atoms. The third kappa shape index (κ3) is 4.24. The first-order valence-corrected chi connectivity index (χ1v) is 11.0. The van der Waals surface area contributed by atoms with Gasteiger partial charge in [-0.05, 0) is 29.8 Å². The molecule has 0 spiro atoms. The number of benzene rings is 3. The number of rotatable bonds is 6. The molecule has 0 fully saturated rings. The summed E-state index contributed by atoms with van der Waals surface area (Å²) in [5, 5.41) is 0.386. The number of hydrogen-bond donors (Lipinski definition) is 0. The number of carbonyl (C=O) groups is 1. The van der Waals surface area contributed by atoms with E-state index in [9.17, 15) is 9.59 Å². The van der Waals surface area contributed by atoms with Crippen LogP contribution in [0.1, 0.15) is 10.8 Å². The number of para-hydroxylation sites is 1. The van der Waals surface area contributed by atoms with Crippen LogP contribution in [-0.4, -0.2) is 41.6 Å². The molecule has 1 heterocycles. The molecule has 0 saturated carbocycles. The predicted molar refractivity (Wildman–Crippen MR) is 128 cm³/mol. The van der Waals surface area contributed by atoms with Crippen LogP contribution < -0.4 is 10.3 Å². The summed E-state index contributed by atoms with van der Waals surface area (Å²) in [7, 11) is 5.03. The van der Waals surface area contributed by atoms with Crippen molar-refractivity contribution < 1.29 is 9.53 Å². The average molecular weight is 446 g/mol. The zero-order valence-corrected chi connectivity index (χ0v) is 18.9. The van der Waals surface area contributed by atoms with Crippen LogP contribution in [0.3, 0.4) is 0 Å². The van der Waals surface area contributed by atoms with Crippen LogP contribution in [0.25, 0.3) is 16.6 Å². The molecule has 4 aromatic rings. The number of nitrogens with zero attached hydrogens (tertiary/aromatic N) is 3. The lowest BCUT2D eigenvalue weighted by Crippen LogP contribution is -2.28. The van der Waals surface area contributed by atoms with E-state index in [2.05, 4.69) is 0 Å². The van der Waals surface area contributed by atoms with Gasteiger partial charge in [0, 0.05) is 20.2 Å². The number of hydrogen-bond acceptors (Lipinski definition) is 5. The van der Waals surface area contributed by atoms with Gasteiger partial charge in [-0.1, -0.05) is 60.3 Å². The van der Waals surface area contributed by atoms with Crippen molar-refractivity contribution in [2.24, 2.45) is 0 Å². The number of methoxy groups -OCH3 is 1. The number of fused-ring (bicyclic) bond motifs is 1. The van der Waals surface area contributed by atoms with Gasteiger partial charge >= 0.3 is 0 Å². The second-order valence-corrected chi connectivity index (χ2v) is 8.47. The summed E-state index contributed by atoms with van der Waals surface area (Å²) in [6.07, 6.45) is 0. The van der Waals surface area contributed by atoms with E-state index in [0.717, 1.165) is 5.56 Å². The lowest BCUT2D eigenvalue weighted by Gasteiger charge is -2.22. The zero-order valence-electron chi connectivity index (χ0n) is 18.1. The van der Waals surface area contributed by atoms with Crippen LogP contribution >= 0.6 is 11.8 Å². The van der Waals surface area contributed by atoms with Gasteiger partial charge in [0.25, 0.3) is 5.56 Å². The maximum absolute atomic E-state index is 13.5. The fourth-order valence-electron chi connectivity index (χ4n) is 3.40. The smallest absolute Gasteiger partial charge is 0.266 e. The molecular weight excluding hydrogens is 422 g/mol. The summed E-state index contributed by atoms with van der Waals surface area (Å²) >= 11 is 1.26. The lowest BCUT2D eigenvalue weighted by molar-refractivity contribution is -0.128. The van der Waals surface area contributed by atoms with Crippen LogP contribution in [0.5, 0.6) is 5.75 Å². The Bertz CT molecular complexity index is 1320. The Balaban J connectivity index is 1.94. The molecule has 0 aliphatic heterocycles. The summed E-state index contributed by atoms with van der Waals surface area (Å²) in [5.74, 6) is 0.545. The highest BCUT2D eigenvalue weighted by atomic mass is 32.2. The van der Waals surface area contributed by atoms with Crippen molar-refractivity contribution in [3.05, 3.63) is 94.8 Å². The molecule has 0 unspecified atom stereocenters. The minimum Gasteiger partial charge on any atom is -0.497 e. The first-order chi connectivity index (χ1) is 15.5. The summed E-state index contributed by atoms with van der Waals surface area (Å²) in [6.45, 7) is 0. The Labute approximate surface area is 190 Å². The molecule has 1 aromatic heterocycles. The molecule has 0 saturated heterocycles. The molecule has 4 rings (SSSR count). The third-order valence-electron chi connectivity index (χ3n) is 5.05. The van der Waals surface area contributed by atoms with E-state index in [1.54, 1.807) is 42.8 Å². The van der Waals surface area contributed by atoms with Crippen LogP contribution in [-0.2, 0) is 4.79 Å². The van der Waals surface area contributed by atoms with Crippen molar-refractivity contribution in [2.75, 3.05) is 21.2 Å². The van der Waals surface area contributed by atoms with Crippen LogP contribution in [0.15, 0.2) is 88.8 Å². The fraction of sp³-hybridized carbons (Fsp3) is 0.160. The number of carbonyl (C=O) groups excluding carboxylic acids is 1. The molecule has 162 valence electrons. The van der Waals surface area contributed by atoms with E-state index >= 15 is 0 Å². The van der Waals surface area contributed by atoms with Gasteiger partial charge in [0.15, 0.2) is 5.16 Å². The van der Waals surface area contributed by atoms with Gasteiger partial charge < -0.3 is 9.64 Å². The van der Waals surface area contributed by atoms with E-state index in [-0.39, 0.29) is 11.5 Å². The van der Waals surface area contributed by atoms with Crippen molar-refractivity contribution in [1.29, 1.82) is 0 Å². The van der Waals surface area contributed by atoms with Gasteiger partial charge in [-0.25, -0.2) is 4.98 Å². The SMILES string of the molecule is COc1cccc(-n2c(S[C@@H](C(=O)N(C)C)c3ccccc3)nc3ccccc3c2=O)c1. The summed E-state index contributed by atoms with van der Waals surface area (Å²) < 4.78 is 6.91. The largest absolute Gasteiger partial charge is 0.497 e. The van der Waals surface area contributed by atoms with Gasteiger partial charge in [0.05, 0.1) is 23.7 Å². The number of ether oxygens (including phenoxy) is 1. The van der Waals surface area contributed by atoms with E-state index in [1.807, 2.05) is 66.7 Å². The molecule has 0 bridgehead atoms.